The summed E-state index contributed by atoms with van der Waals surface area (Å²) in [6, 6.07) is 3.83. The van der Waals surface area contributed by atoms with Crippen LogP contribution in [0.1, 0.15) is 11.5 Å². The molecule has 3 heterocycles. The van der Waals surface area contributed by atoms with Crippen LogP contribution in [0, 0.1) is 0 Å². The van der Waals surface area contributed by atoms with E-state index in [4.69, 9.17) is 4.42 Å². The van der Waals surface area contributed by atoms with Crippen LogP contribution in [-0.2, 0) is 13.1 Å². The molecule has 0 bridgehead atoms. The van der Waals surface area contributed by atoms with Gasteiger partial charge in [-0.1, -0.05) is 0 Å². The minimum atomic E-state index is 0.701. The van der Waals surface area contributed by atoms with Gasteiger partial charge in [-0.15, -0.1) is 0 Å². The van der Waals surface area contributed by atoms with Crippen molar-refractivity contribution in [1.82, 2.24) is 19.7 Å². The molecule has 0 spiro atoms. The highest BCUT2D eigenvalue weighted by Crippen LogP contribution is 2.10. The smallest absolute Gasteiger partial charge is 0.155 e. The number of rotatable bonds is 4. The Morgan fingerprint density at radius 3 is 3.06 bits per heavy atom. The molecule has 0 aromatic carbocycles. The molecule has 5 nitrogen and oxygen atoms in total. The first-order valence-corrected chi connectivity index (χ1v) is 6.33. The first-order chi connectivity index (χ1) is 8.83. The van der Waals surface area contributed by atoms with Crippen molar-refractivity contribution in [2.45, 2.75) is 13.1 Å². The van der Waals surface area contributed by atoms with Crippen LogP contribution in [0.4, 0.5) is 0 Å². The number of aromatic nitrogens is 3. The van der Waals surface area contributed by atoms with Crippen LogP contribution >= 0.6 is 15.9 Å². The fourth-order valence-corrected chi connectivity index (χ4v) is 2.08. The van der Waals surface area contributed by atoms with Gasteiger partial charge in [-0.3, -0.25) is 4.40 Å². The van der Waals surface area contributed by atoms with Crippen molar-refractivity contribution < 1.29 is 4.42 Å². The van der Waals surface area contributed by atoms with E-state index in [0.29, 0.717) is 6.54 Å². The van der Waals surface area contributed by atoms with Gasteiger partial charge in [0.15, 0.2) is 5.65 Å². The average molecular weight is 307 g/mol. The van der Waals surface area contributed by atoms with Crippen molar-refractivity contribution in [3.05, 3.63) is 53.0 Å². The quantitative estimate of drug-likeness (QED) is 0.804. The summed E-state index contributed by atoms with van der Waals surface area (Å²) in [5.74, 6) is 0.923. The molecule has 0 aliphatic carbocycles. The summed E-state index contributed by atoms with van der Waals surface area (Å²) < 4.78 is 8.06. The second-order valence-electron chi connectivity index (χ2n) is 3.87. The average Bonchev–Trinajstić information content (AvgIpc) is 2.99. The molecule has 3 aromatic rings. The molecule has 18 heavy (non-hydrogen) atoms. The third-order valence-corrected chi connectivity index (χ3v) is 3.04. The zero-order chi connectivity index (χ0) is 12.4. The maximum absolute atomic E-state index is 5.26. The number of furan rings is 1. The number of hydrogen-bond acceptors (Lipinski definition) is 4. The minimum Gasteiger partial charge on any atom is -0.468 e. The summed E-state index contributed by atoms with van der Waals surface area (Å²) in [6.07, 6.45) is 7.17. The molecule has 0 atom stereocenters. The van der Waals surface area contributed by atoms with Gasteiger partial charge in [0, 0.05) is 12.7 Å². The molecule has 0 radical (unpaired) electrons. The molecule has 0 fully saturated rings. The van der Waals surface area contributed by atoms with Crippen molar-refractivity contribution in [1.29, 1.82) is 0 Å². The Bertz CT molecular complexity index is 647. The van der Waals surface area contributed by atoms with Gasteiger partial charge >= 0.3 is 0 Å². The maximum atomic E-state index is 5.26. The highest BCUT2D eigenvalue weighted by atomic mass is 79.9. The van der Waals surface area contributed by atoms with Crippen LogP contribution in [0.3, 0.4) is 0 Å². The first-order valence-electron chi connectivity index (χ1n) is 5.53. The molecule has 1 N–H and O–H groups in total. The lowest BCUT2D eigenvalue weighted by molar-refractivity contribution is 0.481. The monoisotopic (exact) mass is 306 g/mol. The van der Waals surface area contributed by atoms with Gasteiger partial charge in [0.1, 0.15) is 10.4 Å². The van der Waals surface area contributed by atoms with Crippen LogP contribution in [0.15, 0.2) is 46.0 Å². The number of halogens is 1. The van der Waals surface area contributed by atoms with Crippen LogP contribution in [0.2, 0.25) is 0 Å². The lowest BCUT2D eigenvalue weighted by atomic mass is 10.4. The van der Waals surface area contributed by atoms with Crippen molar-refractivity contribution in [3.8, 4) is 0 Å². The van der Waals surface area contributed by atoms with E-state index < -0.39 is 0 Å². The molecule has 0 saturated heterocycles. The van der Waals surface area contributed by atoms with Gasteiger partial charge in [0.05, 0.1) is 30.9 Å². The Hall–Kier alpha value is -1.66. The molecule has 0 amide bonds. The summed E-state index contributed by atoms with van der Waals surface area (Å²) >= 11 is 3.36. The van der Waals surface area contributed by atoms with E-state index >= 15 is 0 Å². The standard InChI is InChI=1S/C12H11BrN4O/c13-11-8-17-9(5-16-12(17)7-15-11)4-14-6-10-2-1-3-18-10/h1-3,5,7-8,14H,4,6H2. The molecule has 92 valence electrons. The summed E-state index contributed by atoms with van der Waals surface area (Å²) in [6.45, 7) is 1.42. The maximum Gasteiger partial charge on any atom is 0.155 e. The Balaban J connectivity index is 1.72. The topological polar surface area (TPSA) is 55.4 Å². The highest BCUT2D eigenvalue weighted by molar-refractivity contribution is 9.10. The Morgan fingerprint density at radius 2 is 2.22 bits per heavy atom. The zero-order valence-electron chi connectivity index (χ0n) is 9.51. The molecule has 3 rings (SSSR count). The van der Waals surface area contributed by atoms with Crippen molar-refractivity contribution in [3.63, 3.8) is 0 Å². The molecular formula is C12H11BrN4O. The van der Waals surface area contributed by atoms with Gasteiger partial charge < -0.3 is 9.73 Å². The molecular weight excluding hydrogens is 296 g/mol. The SMILES string of the molecule is Brc1cn2c(CNCc3ccco3)cnc2cn1. The van der Waals surface area contributed by atoms with Crippen molar-refractivity contribution >= 4 is 21.6 Å². The Kier molecular flexibility index (Phi) is 3.12. The second kappa shape index (κ2) is 4.91. The number of nitrogens with one attached hydrogen (secondary N) is 1. The van der Waals surface area contributed by atoms with E-state index in [0.717, 1.165) is 28.2 Å². The normalized spacial score (nSPS) is 11.2. The van der Waals surface area contributed by atoms with E-state index in [1.54, 1.807) is 12.5 Å². The molecule has 0 aliphatic heterocycles. The zero-order valence-corrected chi connectivity index (χ0v) is 11.1. The Morgan fingerprint density at radius 1 is 1.28 bits per heavy atom. The molecule has 3 aromatic heterocycles. The number of fused-ring (bicyclic) bond motifs is 1. The van der Waals surface area contributed by atoms with Gasteiger partial charge in [0.2, 0.25) is 0 Å². The fourth-order valence-electron chi connectivity index (χ4n) is 1.77. The van der Waals surface area contributed by atoms with Crippen LogP contribution < -0.4 is 5.32 Å². The van der Waals surface area contributed by atoms with Gasteiger partial charge in [0.25, 0.3) is 0 Å². The first kappa shape index (κ1) is 11.4. The minimum absolute atomic E-state index is 0.701. The van der Waals surface area contributed by atoms with E-state index in [-0.39, 0.29) is 0 Å². The van der Waals surface area contributed by atoms with E-state index in [1.807, 2.05) is 28.9 Å². The van der Waals surface area contributed by atoms with Crippen molar-refractivity contribution in [2.24, 2.45) is 0 Å². The summed E-state index contributed by atoms with van der Waals surface area (Å²) in [5.41, 5.74) is 1.92. The number of nitrogens with zero attached hydrogens (tertiary/aromatic N) is 3. The van der Waals surface area contributed by atoms with E-state index in [9.17, 15) is 0 Å². The molecule has 0 aliphatic rings. The summed E-state index contributed by atoms with van der Waals surface area (Å²) in [5, 5.41) is 3.31. The van der Waals surface area contributed by atoms with Crippen molar-refractivity contribution in [2.75, 3.05) is 0 Å². The van der Waals surface area contributed by atoms with Gasteiger partial charge in [-0.2, -0.15) is 0 Å². The van der Waals surface area contributed by atoms with E-state index in [1.165, 1.54) is 0 Å². The number of hydrogen-bond donors (Lipinski definition) is 1. The van der Waals surface area contributed by atoms with Crippen LogP contribution in [-0.4, -0.2) is 14.4 Å². The second-order valence-corrected chi connectivity index (χ2v) is 4.68. The number of imidazole rings is 1. The Labute approximate surface area is 112 Å². The van der Waals surface area contributed by atoms with E-state index in [2.05, 4.69) is 31.2 Å². The highest BCUT2D eigenvalue weighted by Gasteiger charge is 2.04. The predicted molar refractivity (Wildman–Crippen MR) is 69.9 cm³/mol. The lowest BCUT2D eigenvalue weighted by Gasteiger charge is -2.03. The van der Waals surface area contributed by atoms with Gasteiger partial charge in [-0.05, 0) is 28.1 Å². The fraction of sp³-hybridized carbons (Fsp3) is 0.167. The predicted octanol–water partition coefficient (Wildman–Crippen LogP) is 2.37. The summed E-state index contributed by atoms with van der Waals surface area (Å²) in [4.78, 5) is 8.43. The summed E-state index contributed by atoms with van der Waals surface area (Å²) in [7, 11) is 0. The molecule has 0 unspecified atom stereocenters. The third-order valence-electron chi connectivity index (χ3n) is 2.63. The van der Waals surface area contributed by atoms with Crippen LogP contribution in [0.25, 0.3) is 5.65 Å². The molecule has 6 heteroatoms. The van der Waals surface area contributed by atoms with Crippen LogP contribution in [0.5, 0.6) is 0 Å². The molecule has 0 saturated carbocycles. The van der Waals surface area contributed by atoms with Gasteiger partial charge in [-0.25, -0.2) is 9.97 Å². The lowest BCUT2D eigenvalue weighted by Crippen LogP contribution is -2.13. The largest absolute Gasteiger partial charge is 0.468 e. The third kappa shape index (κ3) is 2.30.